The number of pyridine rings is 1. The molecule has 2 N–H and O–H groups in total. The molecule has 11 nitrogen and oxygen atoms in total. The number of nitrogens with two attached hydrogens (primary N) is 1. The summed E-state index contributed by atoms with van der Waals surface area (Å²) in [6, 6.07) is 10.1. The van der Waals surface area contributed by atoms with E-state index in [1.54, 1.807) is 37.3 Å². The quantitative estimate of drug-likeness (QED) is 0.141. The first-order valence-electron chi connectivity index (χ1n) is 9.24. The third-order valence-corrected chi connectivity index (χ3v) is 3.85. The molecular formula is C20H23N4O7+. The molecule has 1 aromatic heterocycles. The number of hydrogen-bond acceptors (Lipinski definition) is 9. The molecule has 0 saturated heterocycles. The summed E-state index contributed by atoms with van der Waals surface area (Å²) in [5, 5.41) is 3.56. The highest BCUT2D eigenvalue weighted by Crippen LogP contribution is 2.14. The van der Waals surface area contributed by atoms with Gasteiger partial charge in [0.1, 0.15) is 18.5 Å². The maximum Gasteiger partial charge on any atom is 0.338 e. The smallest absolute Gasteiger partial charge is 0.338 e. The molecule has 31 heavy (non-hydrogen) atoms. The largest absolute Gasteiger partial charge is 0.460 e. The molecule has 0 aliphatic carbocycles. The molecule has 11 heteroatoms. The molecule has 0 amide bonds. The van der Waals surface area contributed by atoms with Gasteiger partial charge in [-0.05, 0) is 24.6 Å². The minimum Gasteiger partial charge on any atom is -0.460 e. The van der Waals surface area contributed by atoms with E-state index < -0.39 is 11.9 Å². The summed E-state index contributed by atoms with van der Waals surface area (Å²) in [5.74, 6) is -1.24. The molecule has 0 aliphatic heterocycles. The molecule has 1 aromatic carbocycles. The summed E-state index contributed by atoms with van der Waals surface area (Å²) in [4.78, 5) is 48.5. The maximum absolute atomic E-state index is 11.7. The van der Waals surface area contributed by atoms with Gasteiger partial charge in [-0.2, -0.15) is 0 Å². The van der Waals surface area contributed by atoms with E-state index in [-0.39, 0.29) is 43.5 Å². The van der Waals surface area contributed by atoms with Crippen LogP contribution in [0.5, 0.6) is 0 Å². The van der Waals surface area contributed by atoms with Gasteiger partial charge < -0.3 is 20.0 Å². The van der Waals surface area contributed by atoms with Crippen molar-refractivity contribution in [1.82, 2.24) is 4.98 Å². The first-order valence-corrected chi connectivity index (χ1v) is 9.24. The summed E-state index contributed by atoms with van der Waals surface area (Å²) in [7, 11) is 1.23. The topological polar surface area (TPSA) is 142 Å². The maximum atomic E-state index is 11.7. The predicted molar refractivity (Wildman–Crippen MR) is 108 cm³/mol. The first-order chi connectivity index (χ1) is 14.9. The Kier molecular flexibility index (Phi) is 9.05. The van der Waals surface area contributed by atoms with Crippen LogP contribution in [0.1, 0.15) is 28.0 Å². The number of ether oxygens (including phenoxy) is 2. The van der Waals surface area contributed by atoms with Gasteiger partial charge >= 0.3 is 17.6 Å². The number of hydrogen-bond donors (Lipinski definition) is 1. The monoisotopic (exact) mass is 431 g/mol. The van der Waals surface area contributed by atoms with Crippen LogP contribution in [0.25, 0.3) is 0 Å². The number of carbonyl (C=O) groups is 2. The highest BCUT2D eigenvalue weighted by atomic mass is 16.8. The molecule has 0 aliphatic rings. The normalized spacial score (nSPS) is 11.0. The van der Waals surface area contributed by atoms with Crippen molar-refractivity contribution < 1.29 is 33.7 Å². The lowest BCUT2D eigenvalue weighted by molar-refractivity contribution is -0.736. The molecule has 2 rings (SSSR count). The summed E-state index contributed by atoms with van der Waals surface area (Å²) < 4.78 is 10.3. The van der Waals surface area contributed by atoms with Gasteiger partial charge in [0, 0.05) is 6.07 Å². The third kappa shape index (κ3) is 7.48. The van der Waals surface area contributed by atoms with Crippen LogP contribution < -0.4 is 5.73 Å². The number of aromatic nitrogens is 1. The summed E-state index contributed by atoms with van der Waals surface area (Å²) in [5.41, 5.74) is 7.22. The second kappa shape index (κ2) is 12.0. The van der Waals surface area contributed by atoms with Crippen molar-refractivity contribution in [1.29, 1.82) is 0 Å². The molecule has 0 unspecified atom stereocenters. The number of oxime groups is 1. The first kappa shape index (κ1) is 23.4. The van der Waals surface area contributed by atoms with Crippen LogP contribution in [0.3, 0.4) is 0 Å². The molecule has 1 heterocycles. The molecule has 0 spiro atoms. The van der Waals surface area contributed by atoms with Gasteiger partial charge in [0.15, 0.2) is 12.9 Å². The highest BCUT2D eigenvalue weighted by molar-refractivity contribution is 5.97. The van der Waals surface area contributed by atoms with Crippen LogP contribution in [-0.2, 0) is 23.9 Å². The SMILES string of the molecule is CO[N+](=O)c1cnc(/C(N)=N\OC(=O)CCOCCOC(=O)c2ccccc2)c(C)c1. The van der Waals surface area contributed by atoms with Gasteiger partial charge in [-0.1, -0.05) is 23.4 Å². The fourth-order valence-corrected chi connectivity index (χ4v) is 2.33. The van der Waals surface area contributed by atoms with Crippen molar-refractivity contribution in [2.45, 2.75) is 13.3 Å². The minimum atomic E-state index is -0.663. The van der Waals surface area contributed by atoms with Crippen molar-refractivity contribution in [2.24, 2.45) is 10.9 Å². The van der Waals surface area contributed by atoms with E-state index in [0.717, 1.165) is 0 Å². The molecule has 0 fully saturated rings. The number of benzene rings is 1. The number of esters is 1. The van der Waals surface area contributed by atoms with Gasteiger partial charge in [0.05, 0.1) is 30.1 Å². The lowest BCUT2D eigenvalue weighted by Gasteiger charge is -2.06. The van der Waals surface area contributed by atoms with Crippen LogP contribution in [-0.4, -0.2) is 54.6 Å². The lowest BCUT2D eigenvalue weighted by Crippen LogP contribution is -2.19. The molecule has 0 radical (unpaired) electrons. The van der Waals surface area contributed by atoms with E-state index in [2.05, 4.69) is 15.0 Å². The molecule has 0 atom stereocenters. The third-order valence-electron chi connectivity index (χ3n) is 3.85. The number of aryl methyl sites for hydroxylation is 1. The fraction of sp³-hybridized carbons (Fsp3) is 0.300. The van der Waals surface area contributed by atoms with Crippen molar-refractivity contribution >= 4 is 23.5 Å². The zero-order chi connectivity index (χ0) is 22.6. The van der Waals surface area contributed by atoms with E-state index in [1.807, 2.05) is 0 Å². The molecule has 2 aromatic rings. The predicted octanol–water partition coefficient (Wildman–Crippen LogP) is 1.79. The van der Waals surface area contributed by atoms with Crippen molar-refractivity contribution in [2.75, 3.05) is 26.9 Å². The lowest BCUT2D eigenvalue weighted by atomic mass is 10.2. The highest BCUT2D eigenvalue weighted by Gasteiger charge is 2.18. The average Bonchev–Trinajstić information content (AvgIpc) is 2.79. The Balaban J connectivity index is 1.68. The fourth-order valence-electron chi connectivity index (χ4n) is 2.33. The van der Waals surface area contributed by atoms with Crippen LogP contribution in [0.4, 0.5) is 5.69 Å². The van der Waals surface area contributed by atoms with Gasteiger partial charge in [0.2, 0.25) is 0 Å². The average molecular weight is 431 g/mol. The van der Waals surface area contributed by atoms with E-state index >= 15 is 0 Å². The Morgan fingerprint density at radius 3 is 2.58 bits per heavy atom. The minimum absolute atomic E-state index is 0.0542. The van der Waals surface area contributed by atoms with Crippen LogP contribution in [0.2, 0.25) is 0 Å². The number of amidine groups is 1. The second-order valence-corrected chi connectivity index (χ2v) is 6.10. The summed E-state index contributed by atoms with van der Waals surface area (Å²) >= 11 is 0. The van der Waals surface area contributed by atoms with Gasteiger partial charge in [-0.15, -0.1) is 0 Å². The molecule has 0 bridgehead atoms. The number of carbonyl (C=O) groups excluding carboxylic acids is 2. The van der Waals surface area contributed by atoms with E-state index in [1.165, 1.54) is 19.4 Å². The molecular weight excluding hydrogens is 408 g/mol. The molecule has 164 valence electrons. The second-order valence-electron chi connectivity index (χ2n) is 6.10. The zero-order valence-electron chi connectivity index (χ0n) is 17.1. The Labute approximate surface area is 178 Å². The van der Waals surface area contributed by atoms with Gasteiger partial charge in [-0.25, -0.2) is 19.4 Å². The van der Waals surface area contributed by atoms with Crippen LogP contribution in [0.15, 0.2) is 47.8 Å². The Hall–Kier alpha value is -3.86. The van der Waals surface area contributed by atoms with Crippen molar-refractivity contribution in [3.05, 3.63) is 64.3 Å². The van der Waals surface area contributed by atoms with Crippen molar-refractivity contribution in [3.63, 3.8) is 0 Å². The number of nitrogens with zero attached hydrogens (tertiary/aromatic N) is 3. The summed E-state index contributed by atoms with van der Waals surface area (Å²) in [6.45, 7) is 1.90. The van der Waals surface area contributed by atoms with Gasteiger partial charge in [-0.3, -0.25) is 0 Å². The Morgan fingerprint density at radius 1 is 1.16 bits per heavy atom. The van der Waals surface area contributed by atoms with Crippen LogP contribution in [0, 0.1) is 11.8 Å². The van der Waals surface area contributed by atoms with Crippen molar-refractivity contribution in [3.8, 4) is 0 Å². The summed E-state index contributed by atoms with van der Waals surface area (Å²) in [6.07, 6.45) is 1.18. The molecule has 0 saturated carbocycles. The standard InChI is InChI=1S/C20H23N4O7/c1-14-12-16(24(27)28-2)13-22-18(14)19(21)23-31-17(25)8-9-29-10-11-30-20(26)15-6-4-3-5-7-15/h3-7,12-13H,8-11H2,1-2H3,(H2,21,23)/q+1. The van der Waals surface area contributed by atoms with E-state index in [9.17, 15) is 14.5 Å². The zero-order valence-corrected chi connectivity index (χ0v) is 17.1. The van der Waals surface area contributed by atoms with E-state index in [0.29, 0.717) is 16.1 Å². The Morgan fingerprint density at radius 2 is 1.90 bits per heavy atom. The van der Waals surface area contributed by atoms with E-state index in [4.69, 9.17) is 20.0 Å². The Bertz CT molecular complexity index is 948. The number of rotatable bonds is 11. The van der Waals surface area contributed by atoms with Gasteiger partial charge in [0.25, 0.3) is 4.92 Å². The van der Waals surface area contributed by atoms with Crippen LogP contribution >= 0.6 is 0 Å².